The van der Waals surface area contributed by atoms with Crippen molar-refractivity contribution in [1.82, 2.24) is 14.9 Å². The lowest BCUT2D eigenvalue weighted by Gasteiger charge is -2.24. The summed E-state index contributed by atoms with van der Waals surface area (Å²) in [6.45, 7) is 7.36. The Labute approximate surface area is 114 Å². The lowest BCUT2D eigenvalue weighted by atomic mass is 10.2. The molecule has 0 spiro atoms. The Morgan fingerprint density at radius 3 is 2.79 bits per heavy atom. The van der Waals surface area contributed by atoms with Gasteiger partial charge in [0.25, 0.3) is 0 Å². The van der Waals surface area contributed by atoms with Gasteiger partial charge in [-0.25, -0.2) is 9.97 Å². The fourth-order valence-corrected chi connectivity index (χ4v) is 2.56. The Morgan fingerprint density at radius 2 is 2.11 bits per heavy atom. The molecule has 2 rings (SSSR count). The molecule has 1 heterocycles. The van der Waals surface area contributed by atoms with E-state index in [2.05, 4.69) is 15.3 Å². The van der Waals surface area contributed by atoms with Crippen LogP contribution in [-0.4, -0.2) is 39.9 Å². The molecule has 0 bridgehead atoms. The largest absolute Gasteiger partial charge is 0.358 e. The Morgan fingerprint density at radius 1 is 1.37 bits per heavy atom. The molecule has 0 saturated heterocycles. The minimum Gasteiger partial charge on any atom is -0.358 e. The number of fused-ring (bicyclic) bond motifs is 1. The molecule has 1 N–H and O–H groups in total. The number of aromatic nitrogens is 2. The predicted octanol–water partition coefficient (Wildman–Crippen LogP) is 1.63. The molecule has 1 aromatic rings. The van der Waals surface area contributed by atoms with Crippen LogP contribution in [0.2, 0.25) is 0 Å². The van der Waals surface area contributed by atoms with Gasteiger partial charge in [-0.15, -0.1) is 0 Å². The van der Waals surface area contributed by atoms with Crippen LogP contribution < -0.4 is 5.32 Å². The quantitative estimate of drug-likeness (QED) is 0.876. The molecule has 1 amide bonds. The first-order valence-electron chi connectivity index (χ1n) is 7.05. The number of carbonyl (C=O) groups is 1. The molecule has 0 radical (unpaired) electrons. The number of hydrogen-bond donors (Lipinski definition) is 1. The van der Waals surface area contributed by atoms with Gasteiger partial charge in [-0.1, -0.05) is 0 Å². The summed E-state index contributed by atoms with van der Waals surface area (Å²) < 4.78 is 0. The number of aryl methyl sites for hydroxylation is 1. The molecule has 0 aliphatic heterocycles. The van der Waals surface area contributed by atoms with E-state index in [9.17, 15) is 4.79 Å². The summed E-state index contributed by atoms with van der Waals surface area (Å²) in [7, 11) is 0. The molecule has 1 aliphatic rings. The second-order valence-corrected chi connectivity index (χ2v) is 4.88. The van der Waals surface area contributed by atoms with Gasteiger partial charge in [0.2, 0.25) is 5.91 Å². The van der Waals surface area contributed by atoms with E-state index in [4.69, 9.17) is 0 Å². The first kappa shape index (κ1) is 13.8. The predicted molar refractivity (Wildman–Crippen MR) is 75.1 cm³/mol. The Kier molecular flexibility index (Phi) is 4.35. The molecule has 1 aliphatic carbocycles. The molecule has 1 aromatic heterocycles. The lowest BCUT2D eigenvalue weighted by molar-refractivity contribution is -0.131. The molecule has 5 heteroatoms. The second-order valence-electron chi connectivity index (χ2n) is 4.88. The summed E-state index contributed by atoms with van der Waals surface area (Å²) in [6, 6.07) is -0.250. The van der Waals surface area contributed by atoms with Gasteiger partial charge in [0.1, 0.15) is 18.2 Å². The van der Waals surface area contributed by atoms with Crippen LogP contribution in [0.3, 0.4) is 0 Å². The minimum absolute atomic E-state index is 0.121. The fraction of sp³-hybridized carbons (Fsp3) is 0.643. The van der Waals surface area contributed by atoms with E-state index in [1.807, 2.05) is 25.7 Å². The van der Waals surface area contributed by atoms with Crippen molar-refractivity contribution in [3.05, 3.63) is 17.6 Å². The summed E-state index contributed by atoms with van der Waals surface area (Å²) in [5, 5.41) is 3.25. The Hall–Kier alpha value is -1.65. The van der Waals surface area contributed by atoms with Crippen molar-refractivity contribution in [3.8, 4) is 0 Å². The van der Waals surface area contributed by atoms with Crippen molar-refractivity contribution in [1.29, 1.82) is 0 Å². The van der Waals surface area contributed by atoms with Gasteiger partial charge in [0.15, 0.2) is 0 Å². The van der Waals surface area contributed by atoms with E-state index in [1.54, 1.807) is 6.33 Å². The van der Waals surface area contributed by atoms with Crippen LogP contribution >= 0.6 is 0 Å². The number of amides is 1. The maximum Gasteiger partial charge on any atom is 0.244 e. The number of carbonyl (C=O) groups excluding carboxylic acids is 1. The highest BCUT2D eigenvalue weighted by Gasteiger charge is 2.22. The maximum absolute atomic E-state index is 12.2. The molecule has 104 valence electrons. The van der Waals surface area contributed by atoms with E-state index in [-0.39, 0.29) is 11.9 Å². The van der Waals surface area contributed by atoms with Gasteiger partial charge < -0.3 is 10.2 Å². The summed E-state index contributed by atoms with van der Waals surface area (Å²) in [5.41, 5.74) is 2.31. The summed E-state index contributed by atoms with van der Waals surface area (Å²) in [5.74, 6) is 0.950. The van der Waals surface area contributed by atoms with Gasteiger partial charge >= 0.3 is 0 Å². The molecular formula is C14H22N4O. The normalized spacial score (nSPS) is 14.9. The molecule has 0 saturated carbocycles. The van der Waals surface area contributed by atoms with Crippen molar-refractivity contribution in [2.45, 2.75) is 46.1 Å². The smallest absolute Gasteiger partial charge is 0.244 e. The van der Waals surface area contributed by atoms with Crippen molar-refractivity contribution >= 4 is 11.7 Å². The Bertz CT molecular complexity index is 457. The van der Waals surface area contributed by atoms with Crippen LogP contribution in [0.25, 0.3) is 0 Å². The van der Waals surface area contributed by atoms with Crippen LogP contribution in [0.4, 0.5) is 5.82 Å². The van der Waals surface area contributed by atoms with Crippen molar-refractivity contribution < 1.29 is 4.79 Å². The topological polar surface area (TPSA) is 58.1 Å². The molecule has 1 unspecified atom stereocenters. The molecule has 1 atom stereocenters. The van der Waals surface area contributed by atoms with Gasteiger partial charge in [0.05, 0.1) is 0 Å². The molecule has 19 heavy (non-hydrogen) atoms. The maximum atomic E-state index is 12.2. The molecule has 0 aromatic carbocycles. The second kappa shape index (κ2) is 5.99. The molecule has 0 fully saturated rings. The van der Waals surface area contributed by atoms with Gasteiger partial charge in [-0.05, 0) is 40.0 Å². The zero-order chi connectivity index (χ0) is 13.8. The average molecular weight is 262 g/mol. The zero-order valence-electron chi connectivity index (χ0n) is 11.9. The summed E-state index contributed by atoms with van der Waals surface area (Å²) in [4.78, 5) is 22.6. The van der Waals surface area contributed by atoms with Crippen LogP contribution in [0.1, 0.15) is 38.4 Å². The van der Waals surface area contributed by atoms with Crippen LogP contribution in [-0.2, 0) is 17.6 Å². The first-order valence-corrected chi connectivity index (χ1v) is 7.05. The van der Waals surface area contributed by atoms with E-state index in [1.165, 1.54) is 5.56 Å². The molecule has 5 nitrogen and oxygen atoms in total. The van der Waals surface area contributed by atoms with E-state index in [0.29, 0.717) is 0 Å². The number of hydrogen-bond acceptors (Lipinski definition) is 4. The third-order valence-corrected chi connectivity index (χ3v) is 3.67. The van der Waals surface area contributed by atoms with Crippen LogP contribution in [0.15, 0.2) is 6.33 Å². The summed E-state index contributed by atoms with van der Waals surface area (Å²) in [6.07, 6.45) is 4.73. The van der Waals surface area contributed by atoms with Gasteiger partial charge in [0, 0.05) is 24.3 Å². The highest BCUT2D eigenvalue weighted by molar-refractivity contribution is 5.84. The van der Waals surface area contributed by atoms with Crippen LogP contribution in [0.5, 0.6) is 0 Å². The summed E-state index contributed by atoms with van der Waals surface area (Å²) >= 11 is 0. The van der Waals surface area contributed by atoms with E-state index >= 15 is 0 Å². The van der Waals surface area contributed by atoms with Crippen molar-refractivity contribution in [3.63, 3.8) is 0 Å². The van der Waals surface area contributed by atoms with Crippen molar-refractivity contribution in [2.24, 2.45) is 0 Å². The van der Waals surface area contributed by atoms with E-state index in [0.717, 1.165) is 43.9 Å². The monoisotopic (exact) mass is 262 g/mol. The van der Waals surface area contributed by atoms with Crippen molar-refractivity contribution in [2.75, 3.05) is 18.4 Å². The fourth-order valence-electron chi connectivity index (χ4n) is 2.56. The van der Waals surface area contributed by atoms with E-state index < -0.39 is 0 Å². The number of nitrogens with one attached hydrogen (secondary N) is 1. The zero-order valence-corrected chi connectivity index (χ0v) is 11.9. The first-order chi connectivity index (χ1) is 9.17. The third kappa shape index (κ3) is 2.85. The van der Waals surface area contributed by atoms with Gasteiger partial charge in [-0.3, -0.25) is 4.79 Å². The number of nitrogens with zero attached hydrogens (tertiary/aromatic N) is 3. The molecular weight excluding hydrogens is 240 g/mol. The SMILES string of the molecule is CCN(CC)C(=O)C(C)Nc1ncnc2c1CCC2. The minimum atomic E-state index is -0.250. The number of rotatable bonds is 5. The number of likely N-dealkylation sites (N-methyl/N-ethyl adjacent to an activating group) is 1. The third-order valence-electron chi connectivity index (χ3n) is 3.67. The highest BCUT2D eigenvalue weighted by Crippen LogP contribution is 2.25. The highest BCUT2D eigenvalue weighted by atomic mass is 16.2. The Balaban J connectivity index is 2.09. The van der Waals surface area contributed by atoms with Crippen LogP contribution in [0, 0.1) is 0 Å². The average Bonchev–Trinajstić information content (AvgIpc) is 2.89. The standard InChI is InChI=1S/C14H22N4O/c1-4-18(5-2)14(19)10(3)17-13-11-7-6-8-12(11)15-9-16-13/h9-10H,4-8H2,1-3H3,(H,15,16,17). The van der Waals surface area contributed by atoms with Gasteiger partial charge in [-0.2, -0.15) is 0 Å². The lowest BCUT2D eigenvalue weighted by Crippen LogP contribution is -2.41. The number of anilines is 1.